The maximum atomic E-state index is 12.8. The third kappa shape index (κ3) is 14.8. The van der Waals surface area contributed by atoms with Gasteiger partial charge in [-0.15, -0.1) is 0 Å². The van der Waals surface area contributed by atoms with Crippen LogP contribution in [0.25, 0.3) is 22.5 Å². The molecule has 2 aliphatic rings. The number of piperidine rings is 2. The smallest absolute Gasteiger partial charge is 0.424 e. The second kappa shape index (κ2) is 21.9. The summed E-state index contributed by atoms with van der Waals surface area (Å²) >= 11 is 0. The summed E-state index contributed by atoms with van der Waals surface area (Å²) in [4.78, 5) is 70.4. The van der Waals surface area contributed by atoms with E-state index in [2.05, 4.69) is 25.3 Å². The van der Waals surface area contributed by atoms with Gasteiger partial charge in [0.25, 0.3) is 0 Å². The number of para-hydroxylation sites is 1. The molecule has 17 heteroatoms. The van der Waals surface area contributed by atoms with E-state index in [1.807, 2.05) is 78.9 Å². The third-order valence-corrected chi connectivity index (χ3v) is 9.98. The highest BCUT2D eigenvalue weighted by atomic mass is 16.6. The Morgan fingerprint density at radius 2 is 1.13 bits per heavy atom. The molecule has 0 unspecified atom stereocenters. The number of rotatable bonds is 5. The minimum absolute atomic E-state index is 0.0652. The van der Waals surface area contributed by atoms with Crippen molar-refractivity contribution in [2.24, 2.45) is 0 Å². The number of imidazole rings is 2. The average Bonchev–Trinajstić information content (AvgIpc) is 3.98. The third-order valence-electron chi connectivity index (χ3n) is 9.98. The highest BCUT2D eigenvalue weighted by Crippen LogP contribution is 2.21. The number of hydrogen-bond acceptors (Lipinski definition) is 12. The van der Waals surface area contributed by atoms with Gasteiger partial charge in [0.2, 0.25) is 0 Å². The molecule has 1 N–H and O–H groups in total. The van der Waals surface area contributed by atoms with Gasteiger partial charge in [-0.2, -0.15) is 0 Å². The molecule has 336 valence electrons. The van der Waals surface area contributed by atoms with Crippen LogP contribution in [0.1, 0.15) is 67.2 Å². The minimum Gasteiger partial charge on any atom is -0.444 e. The minimum atomic E-state index is -0.506. The van der Waals surface area contributed by atoms with E-state index in [9.17, 15) is 19.2 Å². The Bertz CT molecular complexity index is 2200. The van der Waals surface area contributed by atoms with Gasteiger partial charge in [-0.1, -0.05) is 18.2 Å². The Kier molecular flexibility index (Phi) is 16.5. The van der Waals surface area contributed by atoms with Gasteiger partial charge in [0, 0.05) is 93.6 Å². The van der Waals surface area contributed by atoms with Gasteiger partial charge in [-0.3, -0.25) is 14.5 Å². The summed E-state index contributed by atoms with van der Waals surface area (Å²) in [6.45, 7) is 14.0. The van der Waals surface area contributed by atoms with Crippen molar-refractivity contribution >= 4 is 24.3 Å². The van der Waals surface area contributed by atoms with Crippen LogP contribution in [0.3, 0.4) is 0 Å². The predicted octanol–water partition coefficient (Wildman–Crippen LogP) is 7.84. The number of ether oxygens (including phenoxy) is 3. The molecule has 0 bridgehead atoms. The standard InChI is InChI=1S/C20H27N5O3.C15H11N3O2.C11H22N2O2/c1-20(2,3)28-19(27)24-10-7-16(8-11-24)23(4)18(26)25-13-17(22-14-25)15-6-5-9-21-12-15;19-15(20-13-6-2-1-3-7-13)18-10-14(17-11-18)12-5-4-8-16-9-12;1-11(2,3)15-10(14)13-7-5-9(12-4)6-8-13/h5-6,9,12-14,16H,7-8,10-11H2,1-4H3;1-11H;9,12H,5-8H2,1-4H3. The number of benzene rings is 1. The molecule has 7 rings (SSSR count). The summed E-state index contributed by atoms with van der Waals surface area (Å²) in [5.41, 5.74) is 2.18. The summed E-state index contributed by atoms with van der Waals surface area (Å²) in [6.07, 6.45) is 15.5. The van der Waals surface area contributed by atoms with Gasteiger partial charge in [0.15, 0.2) is 0 Å². The number of pyridine rings is 2. The van der Waals surface area contributed by atoms with Crippen molar-refractivity contribution in [1.29, 1.82) is 0 Å². The SMILES string of the molecule is CN(C(=O)n1cnc(-c2cccnc2)c1)C1CCN(C(=O)OC(C)(C)C)CC1.CNC1CCN(C(=O)OC(C)(C)C)CC1.O=C(Oc1ccccc1)n1cnc(-c2cccnc2)c1. The van der Waals surface area contributed by atoms with E-state index in [-0.39, 0.29) is 24.3 Å². The second-order valence-corrected chi connectivity index (χ2v) is 17.1. The molecule has 17 nitrogen and oxygen atoms in total. The summed E-state index contributed by atoms with van der Waals surface area (Å²) in [5, 5.41) is 3.23. The molecule has 0 spiro atoms. The fourth-order valence-electron chi connectivity index (χ4n) is 6.60. The first-order chi connectivity index (χ1) is 30.0. The molecule has 63 heavy (non-hydrogen) atoms. The molecular weight excluding hydrogens is 805 g/mol. The zero-order chi connectivity index (χ0) is 45.6. The first-order valence-electron chi connectivity index (χ1n) is 21.1. The average molecular weight is 865 g/mol. The predicted molar refractivity (Wildman–Crippen MR) is 238 cm³/mol. The van der Waals surface area contributed by atoms with E-state index in [4.69, 9.17) is 14.2 Å². The van der Waals surface area contributed by atoms with Crippen LogP contribution < -0.4 is 10.1 Å². The first-order valence-corrected chi connectivity index (χ1v) is 21.1. The summed E-state index contributed by atoms with van der Waals surface area (Å²) in [7, 11) is 3.76. The van der Waals surface area contributed by atoms with E-state index >= 15 is 0 Å². The van der Waals surface area contributed by atoms with Crippen molar-refractivity contribution in [2.75, 3.05) is 40.3 Å². The molecule has 5 aromatic rings. The van der Waals surface area contributed by atoms with Gasteiger partial charge >= 0.3 is 24.3 Å². The first kappa shape index (κ1) is 47.4. The van der Waals surface area contributed by atoms with Crippen LogP contribution in [-0.2, 0) is 9.47 Å². The van der Waals surface area contributed by atoms with Gasteiger partial charge in [-0.05, 0) is 111 Å². The summed E-state index contributed by atoms with van der Waals surface area (Å²) in [5.74, 6) is 0.495. The number of aromatic nitrogens is 6. The molecule has 6 heterocycles. The highest BCUT2D eigenvalue weighted by molar-refractivity contribution is 5.78. The number of carbonyl (C=O) groups is 4. The zero-order valence-corrected chi connectivity index (χ0v) is 37.5. The number of hydrogen-bond donors (Lipinski definition) is 1. The van der Waals surface area contributed by atoms with Crippen LogP contribution in [0.5, 0.6) is 5.75 Å². The largest absolute Gasteiger partial charge is 0.444 e. The molecule has 1 aromatic carbocycles. The maximum Gasteiger partial charge on any atom is 0.424 e. The van der Waals surface area contributed by atoms with E-state index < -0.39 is 17.3 Å². The van der Waals surface area contributed by atoms with Gasteiger partial charge < -0.3 is 34.2 Å². The van der Waals surface area contributed by atoms with Crippen LogP contribution in [-0.4, -0.2) is 132 Å². The lowest BCUT2D eigenvalue weighted by atomic mass is 10.0. The lowest BCUT2D eigenvalue weighted by Crippen LogP contribution is -2.49. The molecule has 4 aromatic heterocycles. The lowest BCUT2D eigenvalue weighted by Gasteiger charge is -2.37. The van der Waals surface area contributed by atoms with E-state index in [1.54, 1.807) is 83.2 Å². The van der Waals surface area contributed by atoms with Crippen LogP contribution in [0.4, 0.5) is 19.2 Å². The van der Waals surface area contributed by atoms with Crippen molar-refractivity contribution in [1.82, 2.24) is 49.1 Å². The molecule has 2 saturated heterocycles. The Labute approximate surface area is 369 Å². The number of carbonyl (C=O) groups excluding carboxylic acids is 4. The molecule has 0 aliphatic carbocycles. The van der Waals surface area contributed by atoms with E-state index in [0.717, 1.165) is 37.1 Å². The van der Waals surface area contributed by atoms with Crippen molar-refractivity contribution in [3.8, 4) is 28.3 Å². The van der Waals surface area contributed by atoms with Crippen LogP contribution >= 0.6 is 0 Å². The van der Waals surface area contributed by atoms with Crippen LogP contribution in [0.15, 0.2) is 104 Å². The topological polar surface area (TPSA) is 179 Å². The van der Waals surface area contributed by atoms with Gasteiger partial charge in [-0.25, -0.2) is 33.7 Å². The molecule has 2 fully saturated rings. The van der Waals surface area contributed by atoms with Crippen molar-refractivity contribution in [2.45, 2.75) is 90.5 Å². The Morgan fingerprint density at radius 3 is 1.59 bits per heavy atom. The number of nitrogens with one attached hydrogen (secondary N) is 1. The Hall–Kier alpha value is -6.62. The maximum absolute atomic E-state index is 12.8. The Morgan fingerprint density at radius 1 is 0.651 bits per heavy atom. The van der Waals surface area contributed by atoms with Crippen molar-refractivity contribution in [3.05, 3.63) is 104 Å². The number of amides is 3. The monoisotopic (exact) mass is 864 g/mol. The van der Waals surface area contributed by atoms with Crippen molar-refractivity contribution in [3.63, 3.8) is 0 Å². The number of nitrogens with zero attached hydrogens (tertiary/aromatic N) is 9. The highest BCUT2D eigenvalue weighted by Gasteiger charge is 2.31. The summed E-state index contributed by atoms with van der Waals surface area (Å²) < 4.78 is 18.7. The van der Waals surface area contributed by atoms with E-state index in [1.165, 1.54) is 21.8 Å². The molecular formula is C46H60N10O7. The Balaban J connectivity index is 0.000000188. The fraction of sp³-hybridized carbons (Fsp3) is 0.435. The van der Waals surface area contributed by atoms with Crippen molar-refractivity contribution < 1.29 is 33.4 Å². The quantitative estimate of drug-likeness (QED) is 0.181. The van der Waals surface area contributed by atoms with Gasteiger partial charge in [0.1, 0.15) is 29.6 Å². The molecule has 0 saturated carbocycles. The fourth-order valence-corrected chi connectivity index (χ4v) is 6.60. The van der Waals surface area contributed by atoms with E-state index in [0.29, 0.717) is 49.1 Å². The molecule has 3 amide bonds. The molecule has 0 atom stereocenters. The zero-order valence-electron chi connectivity index (χ0n) is 37.5. The molecule has 2 aliphatic heterocycles. The van der Waals surface area contributed by atoms with Gasteiger partial charge in [0.05, 0.1) is 11.4 Å². The summed E-state index contributed by atoms with van der Waals surface area (Å²) in [6, 6.07) is 16.8. The number of likely N-dealkylation sites (tertiary alicyclic amines) is 2. The van der Waals surface area contributed by atoms with Crippen LogP contribution in [0, 0.1) is 0 Å². The molecule has 0 radical (unpaired) electrons. The second-order valence-electron chi connectivity index (χ2n) is 17.1. The normalized spacial score (nSPS) is 14.6. The van der Waals surface area contributed by atoms with Crippen LogP contribution in [0.2, 0.25) is 0 Å². The lowest BCUT2D eigenvalue weighted by molar-refractivity contribution is 0.0168.